The minimum atomic E-state index is -0.355. The van der Waals surface area contributed by atoms with Crippen molar-refractivity contribution in [3.05, 3.63) is 11.0 Å². The Kier molecular flexibility index (Phi) is 4.61. The SMILES string of the molecule is CCS[C@H]1NC(=O)[C@H]1NC(=O)CC1=CCC(C)S1. The van der Waals surface area contributed by atoms with Gasteiger partial charge in [0.05, 0.1) is 6.42 Å². The second-order valence-electron chi connectivity index (χ2n) is 4.44. The lowest BCUT2D eigenvalue weighted by molar-refractivity contribution is -0.133. The van der Waals surface area contributed by atoms with Gasteiger partial charge in [-0.05, 0) is 17.1 Å². The Balaban J connectivity index is 1.78. The predicted octanol–water partition coefficient (Wildman–Crippen LogP) is 1.48. The molecule has 0 saturated carbocycles. The zero-order valence-electron chi connectivity index (χ0n) is 10.6. The molecule has 0 radical (unpaired) electrons. The monoisotopic (exact) mass is 286 g/mol. The highest BCUT2D eigenvalue weighted by Gasteiger charge is 2.40. The van der Waals surface area contributed by atoms with Crippen molar-refractivity contribution < 1.29 is 9.59 Å². The van der Waals surface area contributed by atoms with Gasteiger partial charge in [-0.3, -0.25) is 9.59 Å². The summed E-state index contributed by atoms with van der Waals surface area (Å²) >= 11 is 3.40. The molecule has 0 aromatic heterocycles. The van der Waals surface area contributed by atoms with Crippen molar-refractivity contribution >= 4 is 35.3 Å². The number of carbonyl (C=O) groups is 2. The summed E-state index contributed by atoms with van der Waals surface area (Å²) in [4.78, 5) is 24.4. The summed E-state index contributed by atoms with van der Waals surface area (Å²) in [6.45, 7) is 4.19. The smallest absolute Gasteiger partial charge is 0.246 e. The topological polar surface area (TPSA) is 58.2 Å². The number of allylic oxidation sites excluding steroid dienone is 1. The number of nitrogens with one attached hydrogen (secondary N) is 2. The van der Waals surface area contributed by atoms with E-state index in [2.05, 4.69) is 23.6 Å². The van der Waals surface area contributed by atoms with Gasteiger partial charge in [0.15, 0.2) is 0 Å². The molecule has 0 aliphatic carbocycles. The molecule has 1 unspecified atom stereocenters. The first kappa shape index (κ1) is 13.8. The van der Waals surface area contributed by atoms with Crippen LogP contribution in [0.2, 0.25) is 0 Å². The predicted molar refractivity (Wildman–Crippen MR) is 76.4 cm³/mol. The summed E-state index contributed by atoms with van der Waals surface area (Å²) in [6.07, 6.45) is 3.56. The number of rotatable bonds is 5. The van der Waals surface area contributed by atoms with E-state index in [1.807, 2.05) is 6.92 Å². The minimum absolute atomic E-state index is 0.0376. The molecule has 2 heterocycles. The number of thioether (sulfide) groups is 2. The zero-order valence-corrected chi connectivity index (χ0v) is 12.2. The first-order chi connectivity index (χ1) is 8.60. The summed E-state index contributed by atoms with van der Waals surface area (Å²) in [5.41, 5.74) is 0. The van der Waals surface area contributed by atoms with Crippen LogP contribution in [-0.4, -0.2) is 34.2 Å². The minimum Gasteiger partial charge on any atom is -0.341 e. The molecule has 18 heavy (non-hydrogen) atoms. The van der Waals surface area contributed by atoms with E-state index in [-0.39, 0.29) is 23.2 Å². The fraction of sp³-hybridized carbons (Fsp3) is 0.667. The van der Waals surface area contributed by atoms with Crippen LogP contribution >= 0.6 is 23.5 Å². The molecule has 6 heteroatoms. The lowest BCUT2D eigenvalue weighted by atomic mass is 10.1. The van der Waals surface area contributed by atoms with Crippen LogP contribution < -0.4 is 10.6 Å². The Morgan fingerprint density at radius 2 is 2.44 bits per heavy atom. The van der Waals surface area contributed by atoms with E-state index in [1.165, 1.54) is 0 Å². The lowest BCUT2D eigenvalue weighted by Crippen LogP contribution is -2.67. The van der Waals surface area contributed by atoms with E-state index in [1.54, 1.807) is 23.5 Å². The quantitative estimate of drug-likeness (QED) is 0.752. The Bertz CT molecular complexity index is 384. The van der Waals surface area contributed by atoms with Gasteiger partial charge in [0, 0.05) is 5.25 Å². The average Bonchev–Trinajstić information content (AvgIpc) is 2.72. The van der Waals surface area contributed by atoms with E-state index in [9.17, 15) is 9.59 Å². The zero-order chi connectivity index (χ0) is 13.1. The molecule has 100 valence electrons. The van der Waals surface area contributed by atoms with Crippen LogP contribution in [0.15, 0.2) is 11.0 Å². The van der Waals surface area contributed by atoms with E-state index in [0.29, 0.717) is 11.7 Å². The maximum absolute atomic E-state index is 11.8. The number of amides is 2. The van der Waals surface area contributed by atoms with Crippen LogP contribution in [0.5, 0.6) is 0 Å². The second-order valence-corrected chi connectivity index (χ2v) is 7.42. The first-order valence-electron chi connectivity index (χ1n) is 6.17. The fourth-order valence-electron chi connectivity index (χ4n) is 1.96. The molecule has 1 saturated heterocycles. The molecule has 0 spiro atoms. The van der Waals surface area contributed by atoms with E-state index < -0.39 is 0 Å². The van der Waals surface area contributed by atoms with Gasteiger partial charge in [0.25, 0.3) is 0 Å². The van der Waals surface area contributed by atoms with Gasteiger partial charge in [0.2, 0.25) is 11.8 Å². The first-order valence-corrected chi connectivity index (χ1v) is 8.10. The maximum Gasteiger partial charge on any atom is 0.246 e. The molecule has 4 nitrogen and oxygen atoms in total. The third kappa shape index (κ3) is 3.23. The summed E-state index contributed by atoms with van der Waals surface area (Å²) in [6, 6.07) is -0.355. The molecule has 2 amide bonds. The molecule has 0 aromatic rings. The molecule has 2 N–H and O–H groups in total. The molecule has 2 aliphatic rings. The summed E-state index contributed by atoms with van der Waals surface area (Å²) in [5.74, 6) is 0.802. The highest BCUT2D eigenvalue weighted by atomic mass is 32.2. The third-order valence-electron chi connectivity index (χ3n) is 2.90. The lowest BCUT2D eigenvalue weighted by Gasteiger charge is -2.36. The van der Waals surface area contributed by atoms with Crippen molar-refractivity contribution in [2.24, 2.45) is 0 Å². The summed E-state index contributed by atoms with van der Waals surface area (Å²) in [7, 11) is 0. The van der Waals surface area contributed by atoms with Gasteiger partial charge in [-0.15, -0.1) is 23.5 Å². The van der Waals surface area contributed by atoms with Crippen LogP contribution in [0.4, 0.5) is 0 Å². The molecule has 1 fully saturated rings. The Morgan fingerprint density at radius 3 is 3.00 bits per heavy atom. The summed E-state index contributed by atoms with van der Waals surface area (Å²) in [5, 5.41) is 6.22. The highest BCUT2D eigenvalue weighted by Crippen LogP contribution is 2.33. The van der Waals surface area contributed by atoms with Gasteiger partial charge in [-0.2, -0.15) is 0 Å². The number of hydrogen-bond donors (Lipinski definition) is 2. The van der Waals surface area contributed by atoms with Crippen LogP contribution in [0.25, 0.3) is 0 Å². The molecule has 2 aliphatic heterocycles. The van der Waals surface area contributed by atoms with Crippen LogP contribution in [0, 0.1) is 0 Å². The van der Waals surface area contributed by atoms with Gasteiger partial charge < -0.3 is 10.6 Å². The van der Waals surface area contributed by atoms with Crippen molar-refractivity contribution in [2.75, 3.05) is 5.75 Å². The van der Waals surface area contributed by atoms with Gasteiger partial charge in [0.1, 0.15) is 11.4 Å². The van der Waals surface area contributed by atoms with Gasteiger partial charge in [-0.1, -0.05) is 19.9 Å². The molecular weight excluding hydrogens is 268 g/mol. The molecule has 0 aromatic carbocycles. The highest BCUT2D eigenvalue weighted by molar-refractivity contribution is 8.03. The Labute approximate surface area is 116 Å². The second kappa shape index (κ2) is 6.02. The average molecular weight is 286 g/mol. The van der Waals surface area contributed by atoms with E-state index >= 15 is 0 Å². The van der Waals surface area contributed by atoms with E-state index in [0.717, 1.165) is 17.1 Å². The Morgan fingerprint density at radius 1 is 1.67 bits per heavy atom. The van der Waals surface area contributed by atoms with Crippen molar-refractivity contribution in [1.29, 1.82) is 0 Å². The molecule has 0 bridgehead atoms. The van der Waals surface area contributed by atoms with Crippen LogP contribution in [-0.2, 0) is 9.59 Å². The largest absolute Gasteiger partial charge is 0.341 e. The number of β-lactam (4-membered cyclic amide) rings is 1. The standard InChI is InChI=1S/C12H18N2O2S2/c1-3-17-12-10(11(16)14-12)13-9(15)6-8-5-4-7(2)18-8/h5,7,10,12H,3-4,6H2,1-2H3,(H,13,15)(H,14,16)/t7?,10-,12-/m1/s1. The number of hydrogen-bond acceptors (Lipinski definition) is 4. The van der Waals surface area contributed by atoms with Crippen LogP contribution in [0.3, 0.4) is 0 Å². The summed E-state index contributed by atoms with van der Waals surface area (Å²) < 4.78 is 0. The number of carbonyl (C=O) groups excluding carboxylic acids is 2. The maximum atomic E-state index is 11.8. The van der Waals surface area contributed by atoms with Gasteiger partial charge >= 0.3 is 0 Å². The molecule has 3 atom stereocenters. The fourth-order valence-corrected chi connectivity index (χ4v) is 4.02. The third-order valence-corrected chi connectivity index (χ3v) is 5.19. The van der Waals surface area contributed by atoms with Crippen molar-refractivity contribution in [3.63, 3.8) is 0 Å². The normalized spacial score (nSPS) is 30.4. The van der Waals surface area contributed by atoms with Crippen molar-refractivity contribution in [2.45, 2.75) is 43.4 Å². The molecular formula is C12H18N2O2S2. The van der Waals surface area contributed by atoms with Gasteiger partial charge in [-0.25, -0.2) is 0 Å². The molecule has 2 rings (SSSR count). The van der Waals surface area contributed by atoms with Crippen molar-refractivity contribution in [1.82, 2.24) is 10.6 Å². The van der Waals surface area contributed by atoms with Crippen LogP contribution in [0.1, 0.15) is 26.7 Å². The van der Waals surface area contributed by atoms with Crippen molar-refractivity contribution in [3.8, 4) is 0 Å². The Hall–Kier alpha value is -0.620. The van der Waals surface area contributed by atoms with E-state index in [4.69, 9.17) is 0 Å².